The summed E-state index contributed by atoms with van der Waals surface area (Å²) in [5.74, 6) is -0.209. The van der Waals surface area contributed by atoms with Gasteiger partial charge in [-0.1, -0.05) is 0 Å². The maximum Gasteiger partial charge on any atom is 0.127 e. The molecule has 1 aromatic heterocycles. The second-order valence-electron chi connectivity index (χ2n) is 4.83. The van der Waals surface area contributed by atoms with Gasteiger partial charge in [0.2, 0.25) is 0 Å². The normalized spacial score (nSPS) is 17.9. The van der Waals surface area contributed by atoms with Gasteiger partial charge in [0.25, 0.3) is 0 Å². The summed E-state index contributed by atoms with van der Waals surface area (Å²) in [6, 6.07) is 5.30. The van der Waals surface area contributed by atoms with Gasteiger partial charge in [-0.05, 0) is 36.6 Å². The predicted octanol–water partition coefficient (Wildman–Crippen LogP) is 2.38. The molecule has 1 fully saturated rings. The fourth-order valence-electron chi connectivity index (χ4n) is 2.14. The van der Waals surface area contributed by atoms with Crippen molar-refractivity contribution in [1.82, 2.24) is 4.57 Å². The first kappa shape index (κ1) is 9.85. The molecule has 0 unspecified atom stereocenters. The van der Waals surface area contributed by atoms with E-state index in [0.717, 1.165) is 23.7 Å². The molecule has 1 saturated carbocycles. The Hall–Kier alpha value is -1.35. The van der Waals surface area contributed by atoms with Crippen LogP contribution in [0, 0.1) is 5.82 Å². The lowest BCUT2D eigenvalue weighted by Gasteiger charge is -2.09. The molecule has 1 aromatic carbocycles. The average Bonchev–Trinajstić information content (AvgIpc) is 2.86. The smallest absolute Gasteiger partial charge is 0.127 e. The van der Waals surface area contributed by atoms with Crippen molar-refractivity contribution in [2.24, 2.45) is 7.05 Å². The molecule has 16 heavy (non-hydrogen) atoms. The lowest BCUT2D eigenvalue weighted by molar-refractivity contribution is 0.150. The van der Waals surface area contributed by atoms with Crippen LogP contribution in [0.15, 0.2) is 24.4 Å². The highest BCUT2D eigenvalue weighted by Gasteiger charge is 2.40. The van der Waals surface area contributed by atoms with Gasteiger partial charge in [0.15, 0.2) is 0 Å². The maximum absolute atomic E-state index is 13.8. The first-order valence-corrected chi connectivity index (χ1v) is 5.53. The predicted molar refractivity (Wildman–Crippen MR) is 60.8 cm³/mol. The van der Waals surface area contributed by atoms with Crippen LogP contribution in [-0.4, -0.2) is 15.3 Å². The van der Waals surface area contributed by atoms with Crippen LogP contribution in [0.3, 0.4) is 0 Å². The summed E-state index contributed by atoms with van der Waals surface area (Å²) in [5.41, 5.74) is 0.995. The van der Waals surface area contributed by atoms with Crippen molar-refractivity contribution in [2.75, 3.05) is 0 Å². The van der Waals surface area contributed by atoms with Crippen LogP contribution in [-0.2, 0) is 13.5 Å². The molecule has 0 aliphatic heterocycles. The monoisotopic (exact) mass is 219 g/mol. The highest BCUT2D eigenvalue weighted by molar-refractivity contribution is 5.81. The SMILES string of the molecule is Cn1ccc2cc(F)c(CC3(O)CC3)cc21. The summed E-state index contributed by atoms with van der Waals surface area (Å²) in [6.45, 7) is 0. The third-order valence-corrected chi connectivity index (χ3v) is 3.40. The van der Waals surface area contributed by atoms with E-state index in [1.54, 1.807) is 6.07 Å². The minimum atomic E-state index is -0.639. The van der Waals surface area contributed by atoms with Gasteiger partial charge in [0.05, 0.1) is 5.60 Å². The van der Waals surface area contributed by atoms with Gasteiger partial charge in [0.1, 0.15) is 5.82 Å². The van der Waals surface area contributed by atoms with E-state index in [9.17, 15) is 9.50 Å². The van der Waals surface area contributed by atoms with Gasteiger partial charge in [-0.3, -0.25) is 0 Å². The lowest BCUT2D eigenvalue weighted by Crippen LogP contribution is -2.12. The number of rotatable bonds is 2. The molecular weight excluding hydrogens is 205 g/mol. The van der Waals surface area contributed by atoms with E-state index in [1.165, 1.54) is 0 Å². The molecule has 3 rings (SSSR count). The van der Waals surface area contributed by atoms with Gasteiger partial charge in [-0.25, -0.2) is 4.39 Å². The summed E-state index contributed by atoms with van der Waals surface area (Å²) < 4.78 is 15.7. The zero-order chi connectivity index (χ0) is 11.3. The van der Waals surface area contributed by atoms with E-state index >= 15 is 0 Å². The van der Waals surface area contributed by atoms with E-state index in [2.05, 4.69) is 0 Å². The number of fused-ring (bicyclic) bond motifs is 1. The minimum absolute atomic E-state index is 0.209. The standard InChI is InChI=1S/C13H14FNO/c1-15-5-2-9-6-11(14)10(7-12(9)15)8-13(16)3-4-13/h2,5-7,16H,3-4,8H2,1H3. The largest absolute Gasteiger partial charge is 0.390 e. The van der Waals surface area contributed by atoms with Crippen LogP contribution in [0.25, 0.3) is 10.9 Å². The molecule has 1 heterocycles. The molecule has 1 aliphatic carbocycles. The first-order valence-electron chi connectivity index (χ1n) is 5.53. The van der Waals surface area contributed by atoms with Gasteiger partial charge in [-0.2, -0.15) is 0 Å². The topological polar surface area (TPSA) is 25.2 Å². The number of hydrogen-bond acceptors (Lipinski definition) is 1. The Labute approximate surface area is 93.3 Å². The number of benzene rings is 1. The molecule has 2 aromatic rings. The van der Waals surface area contributed by atoms with Gasteiger partial charge in [-0.15, -0.1) is 0 Å². The Bertz CT molecular complexity index is 554. The van der Waals surface area contributed by atoms with Crippen LogP contribution < -0.4 is 0 Å². The second kappa shape index (κ2) is 3.08. The quantitative estimate of drug-likeness (QED) is 0.824. The Morgan fingerprint density at radius 2 is 2.19 bits per heavy atom. The molecule has 1 aliphatic rings. The van der Waals surface area contributed by atoms with E-state index in [1.807, 2.05) is 29.9 Å². The lowest BCUT2D eigenvalue weighted by atomic mass is 10.0. The van der Waals surface area contributed by atoms with Crippen LogP contribution >= 0.6 is 0 Å². The number of aromatic nitrogens is 1. The fourth-order valence-corrected chi connectivity index (χ4v) is 2.14. The molecule has 84 valence electrons. The van der Waals surface area contributed by atoms with E-state index in [0.29, 0.717) is 12.0 Å². The molecule has 2 nitrogen and oxygen atoms in total. The number of halogens is 1. The molecule has 3 heteroatoms. The molecule has 1 N–H and O–H groups in total. The Balaban J connectivity index is 2.09. The van der Waals surface area contributed by atoms with Crippen LogP contribution in [0.1, 0.15) is 18.4 Å². The van der Waals surface area contributed by atoms with E-state index in [-0.39, 0.29) is 5.82 Å². The maximum atomic E-state index is 13.8. The Morgan fingerprint density at radius 3 is 2.88 bits per heavy atom. The van der Waals surface area contributed by atoms with Crippen molar-refractivity contribution in [3.63, 3.8) is 0 Å². The van der Waals surface area contributed by atoms with Crippen molar-refractivity contribution in [1.29, 1.82) is 0 Å². The highest BCUT2D eigenvalue weighted by atomic mass is 19.1. The number of nitrogens with zero attached hydrogens (tertiary/aromatic N) is 1. The van der Waals surface area contributed by atoms with Crippen LogP contribution in [0.4, 0.5) is 4.39 Å². The third kappa shape index (κ3) is 1.52. The first-order chi connectivity index (χ1) is 7.57. The fraction of sp³-hybridized carbons (Fsp3) is 0.385. The van der Waals surface area contributed by atoms with Crippen LogP contribution in [0.2, 0.25) is 0 Å². The Morgan fingerprint density at radius 1 is 1.44 bits per heavy atom. The highest BCUT2D eigenvalue weighted by Crippen LogP contribution is 2.39. The van der Waals surface area contributed by atoms with Crippen LogP contribution in [0.5, 0.6) is 0 Å². The summed E-state index contributed by atoms with van der Waals surface area (Å²) in [7, 11) is 1.94. The van der Waals surface area contributed by atoms with Crippen molar-refractivity contribution in [2.45, 2.75) is 24.9 Å². The molecule has 0 spiro atoms. The molecule has 0 radical (unpaired) electrons. The van der Waals surface area contributed by atoms with Crippen molar-refractivity contribution < 1.29 is 9.50 Å². The minimum Gasteiger partial charge on any atom is -0.390 e. The van der Waals surface area contributed by atoms with Gasteiger partial charge >= 0.3 is 0 Å². The number of aryl methyl sites for hydroxylation is 1. The van der Waals surface area contributed by atoms with Crippen molar-refractivity contribution >= 4 is 10.9 Å². The number of aliphatic hydroxyl groups is 1. The molecule has 0 saturated heterocycles. The molecule has 0 atom stereocenters. The van der Waals surface area contributed by atoms with E-state index < -0.39 is 5.60 Å². The molecule has 0 bridgehead atoms. The number of hydrogen-bond donors (Lipinski definition) is 1. The summed E-state index contributed by atoms with van der Waals surface area (Å²) in [6.07, 6.45) is 3.93. The van der Waals surface area contributed by atoms with Gasteiger partial charge < -0.3 is 9.67 Å². The zero-order valence-electron chi connectivity index (χ0n) is 9.20. The zero-order valence-corrected chi connectivity index (χ0v) is 9.20. The van der Waals surface area contributed by atoms with Crippen molar-refractivity contribution in [3.8, 4) is 0 Å². The average molecular weight is 219 g/mol. The van der Waals surface area contributed by atoms with Crippen molar-refractivity contribution in [3.05, 3.63) is 35.8 Å². The Kier molecular flexibility index (Phi) is 1.89. The van der Waals surface area contributed by atoms with E-state index in [4.69, 9.17) is 0 Å². The summed E-state index contributed by atoms with van der Waals surface area (Å²) in [4.78, 5) is 0. The van der Waals surface area contributed by atoms with Gasteiger partial charge in [0, 0.05) is 30.6 Å². The second-order valence-corrected chi connectivity index (χ2v) is 4.83. The summed E-state index contributed by atoms with van der Waals surface area (Å²) >= 11 is 0. The summed E-state index contributed by atoms with van der Waals surface area (Å²) in [5, 5.41) is 10.7. The molecular formula is C13H14FNO. The third-order valence-electron chi connectivity index (χ3n) is 3.40. The molecule has 0 amide bonds.